The Labute approximate surface area is 163 Å². The molecule has 28 heavy (non-hydrogen) atoms. The zero-order chi connectivity index (χ0) is 20.1. The molecule has 0 atom stereocenters. The number of nitrogens with one attached hydrogen (secondary N) is 1. The van der Waals surface area contributed by atoms with Crippen LogP contribution in [0.2, 0.25) is 0 Å². The van der Waals surface area contributed by atoms with Crippen molar-refractivity contribution in [1.29, 1.82) is 0 Å². The van der Waals surface area contributed by atoms with Crippen molar-refractivity contribution >= 4 is 15.7 Å². The van der Waals surface area contributed by atoms with Gasteiger partial charge >= 0.3 is 5.22 Å². The van der Waals surface area contributed by atoms with Crippen LogP contribution in [0.4, 0.5) is 0 Å². The number of carbonyl (C=O) groups is 1. The Bertz CT molecular complexity index is 1080. The number of aromatic nitrogens is 2. The van der Waals surface area contributed by atoms with Gasteiger partial charge in [0.1, 0.15) is 0 Å². The Kier molecular flexibility index (Phi) is 5.89. The van der Waals surface area contributed by atoms with Crippen LogP contribution >= 0.6 is 0 Å². The molecule has 1 aromatic heterocycles. The highest BCUT2D eigenvalue weighted by atomic mass is 32.2. The van der Waals surface area contributed by atoms with E-state index in [0.717, 1.165) is 11.1 Å². The minimum Gasteiger partial charge on any atom is -0.412 e. The number of sulfone groups is 1. The predicted molar refractivity (Wildman–Crippen MR) is 104 cm³/mol. The second-order valence-electron chi connectivity index (χ2n) is 6.51. The van der Waals surface area contributed by atoms with E-state index in [0.29, 0.717) is 11.1 Å². The van der Waals surface area contributed by atoms with Crippen molar-refractivity contribution in [3.8, 4) is 0 Å². The first kappa shape index (κ1) is 19.8. The number of hydrogen-bond donors (Lipinski definition) is 1. The maximum Gasteiger partial charge on any atom is 0.335 e. The van der Waals surface area contributed by atoms with E-state index in [1.807, 2.05) is 32.0 Å². The highest BCUT2D eigenvalue weighted by Gasteiger charge is 2.23. The van der Waals surface area contributed by atoms with Crippen molar-refractivity contribution in [3.63, 3.8) is 0 Å². The summed E-state index contributed by atoms with van der Waals surface area (Å²) in [5.74, 6) is -0.259. The van der Waals surface area contributed by atoms with E-state index in [1.54, 1.807) is 30.3 Å². The number of nitrogens with zero attached hydrogens (tertiary/aromatic N) is 2. The maximum atomic E-state index is 12.4. The molecule has 0 fully saturated rings. The largest absolute Gasteiger partial charge is 0.412 e. The summed E-state index contributed by atoms with van der Waals surface area (Å²) in [4.78, 5) is 12.2. The van der Waals surface area contributed by atoms with Crippen molar-refractivity contribution < 1.29 is 17.6 Å². The van der Waals surface area contributed by atoms with Gasteiger partial charge in [-0.25, -0.2) is 8.42 Å². The van der Waals surface area contributed by atoms with Crippen molar-refractivity contribution in [2.24, 2.45) is 0 Å². The van der Waals surface area contributed by atoms with Gasteiger partial charge in [-0.15, -0.1) is 5.10 Å². The molecule has 2 aromatic carbocycles. The Balaban J connectivity index is 1.57. The third kappa shape index (κ3) is 4.83. The first-order valence-electron chi connectivity index (χ1n) is 8.80. The van der Waals surface area contributed by atoms with Crippen molar-refractivity contribution in [3.05, 3.63) is 76.7 Å². The van der Waals surface area contributed by atoms with E-state index < -0.39 is 15.1 Å². The number of aryl methyl sites for hydroxylation is 2. The molecular weight excluding hydrogens is 378 g/mol. The van der Waals surface area contributed by atoms with Crippen LogP contribution in [0.25, 0.3) is 0 Å². The zero-order valence-corrected chi connectivity index (χ0v) is 16.5. The maximum absolute atomic E-state index is 12.4. The molecule has 0 unspecified atom stereocenters. The van der Waals surface area contributed by atoms with E-state index in [1.165, 1.54) is 0 Å². The topological polar surface area (TPSA) is 102 Å². The number of amides is 1. The van der Waals surface area contributed by atoms with E-state index in [2.05, 4.69) is 15.5 Å². The summed E-state index contributed by atoms with van der Waals surface area (Å²) in [6.07, 6.45) is 0.241. The van der Waals surface area contributed by atoms with Crippen LogP contribution in [-0.4, -0.2) is 31.1 Å². The Morgan fingerprint density at radius 2 is 1.79 bits per heavy atom. The lowest BCUT2D eigenvalue weighted by atomic mass is 10.1. The number of benzene rings is 2. The predicted octanol–water partition coefficient (Wildman–Crippen LogP) is 2.63. The quantitative estimate of drug-likeness (QED) is 0.655. The second kappa shape index (κ2) is 8.35. The molecule has 0 saturated carbocycles. The third-order valence-electron chi connectivity index (χ3n) is 4.31. The Morgan fingerprint density at radius 3 is 2.50 bits per heavy atom. The first-order valence-corrected chi connectivity index (χ1v) is 10.4. The third-order valence-corrected chi connectivity index (χ3v) is 5.72. The summed E-state index contributed by atoms with van der Waals surface area (Å²) < 4.78 is 30.0. The minimum absolute atomic E-state index is 0.159. The molecule has 0 bridgehead atoms. The average molecular weight is 399 g/mol. The van der Waals surface area contributed by atoms with Gasteiger partial charge < -0.3 is 9.73 Å². The smallest absolute Gasteiger partial charge is 0.335 e. The molecule has 0 spiro atoms. The summed E-state index contributed by atoms with van der Waals surface area (Å²) in [5.41, 5.74) is 3.37. The summed E-state index contributed by atoms with van der Waals surface area (Å²) in [5, 5.41) is 9.77. The van der Waals surface area contributed by atoms with Gasteiger partial charge in [-0.2, -0.15) is 0 Å². The monoisotopic (exact) mass is 399 g/mol. The fourth-order valence-electron chi connectivity index (χ4n) is 2.59. The van der Waals surface area contributed by atoms with Crippen LogP contribution in [0.5, 0.6) is 0 Å². The lowest BCUT2D eigenvalue weighted by molar-refractivity contribution is 0.0953. The van der Waals surface area contributed by atoms with Crippen molar-refractivity contribution in [2.75, 3.05) is 6.54 Å². The molecule has 3 rings (SSSR count). The lowest BCUT2D eigenvalue weighted by Gasteiger charge is -2.06. The molecular formula is C20H21N3O4S. The molecule has 146 valence electrons. The standard InChI is InChI=1S/C20H21N3O4S/c1-14-8-9-17(12-15(14)2)19(24)21-11-10-18-22-23-20(27-18)28(25,26)13-16-6-4-3-5-7-16/h3-9,12H,10-11,13H2,1-2H3,(H,21,24). The van der Waals surface area contributed by atoms with Gasteiger partial charge in [0, 0.05) is 18.5 Å². The number of rotatable bonds is 7. The van der Waals surface area contributed by atoms with E-state index in [4.69, 9.17) is 4.42 Å². The van der Waals surface area contributed by atoms with Crippen molar-refractivity contribution in [2.45, 2.75) is 31.2 Å². The first-order chi connectivity index (χ1) is 13.3. The van der Waals surface area contributed by atoms with Gasteiger partial charge in [-0.1, -0.05) is 41.5 Å². The fraction of sp³-hybridized carbons (Fsp3) is 0.250. The molecule has 0 aliphatic carbocycles. The summed E-state index contributed by atoms with van der Waals surface area (Å²) in [6.45, 7) is 4.18. The summed E-state index contributed by atoms with van der Waals surface area (Å²) >= 11 is 0. The molecule has 1 amide bonds. The van der Waals surface area contributed by atoms with Crippen molar-refractivity contribution in [1.82, 2.24) is 15.5 Å². The highest BCUT2D eigenvalue weighted by Crippen LogP contribution is 2.15. The molecule has 0 aliphatic heterocycles. The lowest BCUT2D eigenvalue weighted by Crippen LogP contribution is -2.25. The zero-order valence-electron chi connectivity index (χ0n) is 15.7. The van der Waals surface area contributed by atoms with Gasteiger partial charge in [0.2, 0.25) is 15.7 Å². The van der Waals surface area contributed by atoms with Crippen LogP contribution in [0, 0.1) is 13.8 Å². The summed E-state index contributed by atoms with van der Waals surface area (Å²) in [7, 11) is -3.71. The van der Waals surface area contributed by atoms with Crippen LogP contribution in [-0.2, 0) is 22.0 Å². The van der Waals surface area contributed by atoms with E-state index >= 15 is 0 Å². The van der Waals surface area contributed by atoms with Crippen LogP contribution in [0.1, 0.15) is 32.9 Å². The molecule has 1 N–H and O–H groups in total. The van der Waals surface area contributed by atoms with Gasteiger partial charge in [0.15, 0.2) is 0 Å². The van der Waals surface area contributed by atoms with Gasteiger partial charge in [0.05, 0.1) is 5.75 Å². The summed E-state index contributed by atoms with van der Waals surface area (Å²) in [6, 6.07) is 14.3. The molecule has 8 heteroatoms. The van der Waals surface area contributed by atoms with E-state index in [9.17, 15) is 13.2 Å². The number of carbonyl (C=O) groups excluding carboxylic acids is 1. The molecule has 7 nitrogen and oxygen atoms in total. The van der Waals surface area contributed by atoms with Gasteiger partial charge in [0.25, 0.3) is 5.91 Å². The number of hydrogen-bond acceptors (Lipinski definition) is 6. The average Bonchev–Trinajstić information content (AvgIpc) is 3.14. The van der Waals surface area contributed by atoms with Crippen LogP contribution in [0.15, 0.2) is 58.2 Å². The minimum atomic E-state index is -3.71. The van der Waals surface area contributed by atoms with Gasteiger partial charge in [-0.05, 0) is 42.7 Å². The molecule has 1 heterocycles. The second-order valence-corrected chi connectivity index (χ2v) is 8.38. The highest BCUT2D eigenvalue weighted by molar-refractivity contribution is 7.90. The SMILES string of the molecule is Cc1ccc(C(=O)NCCc2nnc(S(=O)(=O)Cc3ccccc3)o2)cc1C. The normalized spacial score (nSPS) is 11.4. The molecule has 0 aliphatic rings. The van der Waals surface area contributed by atoms with Crippen LogP contribution in [0.3, 0.4) is 0 Å². The van der Waals surface area contributed by atoms with E-state index in [-0.39, 0.29) is 30.5 Å². The Morgan fingerprint density at radius 1 is 1.04 bits per heavy atom. The molecule has 3 aromatic rings. The molecule has 0 radical (unpaired) electrons. The van der Waals surface area contributed by atoms with Gasteiger partial charge in [-0.3, -0.25) is 4.79 Å². The fourth-order valence-corrected chi connectivity index (χ4v) is 3.73. The van der Waals surface area contributed by atoms with Crippen LogP contribution < -0.4 is 5.32 Å². The Hall–Kier alpha value is -3.00. The molecule has 0 saturated heterocycles.